The quantitative estimate of drug-likeness (QED) is 0.142. The maximum atomic E-state index is 2.47. The van der Waals surface area contributed by atoms with Crippen molar-refractivity contribution in [3.05, 3.63) is 287 Å². The van der Waals surface area contributed by atoms with Crippen molar-refractivity contribution in [1.29, 1.82) is 0 Å². The van der Waals surface area contributed by atoms with Gasteiger partial charge in [-0.25, -0.2) is 0 Å². The van der Waals surface area contributed by atoms with Gasteiger partial charge in [0.2, 0.25) is 0 Å². The monoisotopic (exact) mass is 1120 g/mol. The summed E-state index contributed by atoms with van der Waals surface area (Å²) < 4.78 is 0. The second kappa shape index (κ2) is 18.3. The molecule has 0 saturated heterocycles. The van der Waals surface area contributed by atoms with Crippen molar-refractivity contribution in [1.82, 2.24) is 0 Å². The molecule has 0 bridgehead atoms. The van der Waals surface area contributed by atoms with Crippen LogP contribution in [0.5, 0.6) is 0 Å². The third-order valence-electron chi connectivity index (χ3n) is 19.6. The summed E-state index contributed by atoms with van der Waals surface area (Å²) in [6, 6.07) is 92.0. The Bertz CT molecular complexity index is 4160. The highest BCUT2D eigenvalue weighted by Gasteiger charge is 2.40. The molecule has 0 fully saturated rings. The minimum Gasteiger partial charge on any atom is -0.310 e. The van der Waals surface area contributed by atoms with E-state index in [4.69, 9.17) is 0 Å². The fraction of sp³-hybridized carbons (Fsp3) is 0.150. The van der Waals surface area contributed by atoms with Crippen LogP contribution in [0.2, 0.25) is 0 Å². The van der Waals surface area contributed by atoms with Gasteiger partial charge < -0.3 is 9.80 Å². The molecule has 0 aliphatic heterocycles. The first-order chi connectivity index (χ1) is 40.6. The minimum atomic E-state index is -0.114. The van der Waals surface area contributed by atoms with Gasteiger partial charge in [0.05, 0.1) is 0 Å². The predicted octanol–water partition coefficient (Wildman–Crippen LogP) is 23.0. The lowest BCUT2D eigenvalue weighted by molar-refractivity contribution is 0.659. The molecule has 0 N–H and O–H groups in total. The van der Waals surface area contributed by atoms with Crippen LogP contribution in [0.1, 0.15) is 99.9 Å². The number of nitrogens with zero attached hydrogens (tertiary/aromatic N) is 2. The van der Waals surface area contributed by atoms with Crippen molar-refractivity contribution in [3.63, 3.8) is 0 Å². The number of fused-ring (bicyclic) bond motifs is 12. The average Bonchev–Trinajstić information content (AvgIpc) is 2.55. The topological polar surface area (TPSA) is 6.48 Å². The van der Waals surface area contributed by atoms with Crippen LogP contribution in [0.15, 0.2) is 243 Å². The SMILES string of the molecule is CC1(C)c2ccccc2-c2ccc(N(c3ccc(-c4ccc(-c5ccc(-c6ccc(N(c7ccc8c(c7)C(C)(C)c7ccccc7-8)c7ccc8c(c7)C(C)(C)c7ccccc7-8)cc6)s5)s4)cc3)c3ccc4c(c3)C(C)(C)c3ccccc3-4)cc21. The maximum absolute atomic E-state index is 2.47. The number of rotatable bonds is 9. The molecule has 2 nitrogen and oxygen atoms in total. The highest BCUT2D eigenvalue weighted by Crippen LogP contribution is 2.56. The van der Waals surface area contributed by atoms with Crippen LogP contribution < -0.4 is 9.80 Å². The van der Waals surface area contributed by atoms with Crippen molar-refractivity contribution < 1.29 is 0 Å². The van der Waals surface area contributed by atoms with Crippen LogP contribution in [0.25, 0.3) is 75.1 Å². The van der Waals surface area contributed by atoms with Gasteiger partial charge in [-0.2, -0.15) is 0 Å². The van der Waals surface area contributed by atoms with E-state index in [-0.39, 0.29) is 21.7 Å². The zero-order valence-corrected chi connectivity index (χ0v) is 50.4. The Morgan fingerprint density at radius 1 is 0.214 bits per heavy atom. The lowest BCUT2D eigenvalue weighted by atomic mass is 9.82. The summed E-state index contributed by atoms with van der Waals surface area (Å²) in [5, 5.41) is 0. The highest BCUT2D eigenvalue weighted by molar-refractivity contribution is 7.25. The lowest BCUT2D eigenvalue weighted by Crippen LogP contribution is -2.18. The zero-order chi connectivity index (χ0) is 57.0. The normalized spacial score (nSPS) is 15.3. The average molecular weight is 1120 g/mol. The van der Waals surface area contributed by atoms with Gasteiger partial charge in [-0.1, -0.05) is 201 Å². The molecular weight excluding hydrogens is 1050 g/mol. The molecule has 12 aromatic rings. The van der Waals surface area contributed by atoms with Crippen molar-refractivity contribution in [2.75, 3.05) is 9.80 Å². The highest BCUT2D eigenvalue weighted by atomic mass is 32.1. The first-order valence-corrected chi connectivity index (χ1v) is 31.3. The molecule has 4 aliphatic rings. The number of hydrogen-bond acceptors (Lipinski definition) is 4. The molecule has 0 amide bonds. The summed E-state index contributed by atoms with van der Waals surface area (Å²) in [5.74, 6) is 0. The molecular formula is C80H64N2S2. The molecule has 0 radical (unpaired) electrons. The Balaban J connectivity index is 0.706. The van der Waals surface area contributed by atoms with Gasteiger partial charge in [-0.15, -0.1) is 22.7 Å². The Kier molecular flexibility index (Phi) is 11.1. The maximum Gasteiger partial charge on any atom is 0.0465 e. The van der Waals surface area contributed by atoms with E-state index < -0.39 is 0 Å². The number of hydrogen-bond donors (Lipinski definition) is 0. The second-order valence-electron chi connectivity index (χ2n) is 25.7. The van der Waals surface area contributed by atoms with Crippen LogP contribution in [-0.4, -0.2) is 0 Å². The molecule has 406 valence electrons. The molecule has 4 heteroatoms. The van der Waals surface area contributed by atoms with Crippen molar-refractivity contribution in [2.24, 2.45) is 0 Å². The fourth-order valence-electron chi connectivity index (χ4n) is 15.0. The van der Waals surface area contributed by atoms with Gasteiger partial charge >= 0.3 is 0 Å². The standard InChI is InChI=1S/C80H64N2S2/c1-77(2)65-21-13-9-17-57(65)61-37-33-53(45-69(61)77)81(54-34-38-62-58-18-10-14-22-66(58)78(3,4)70(62)46-54)51-29-25-49(26-30-51)73-41-43-75(83-73)76-44-42-74(84-76)50-27-31-52(32-28-50)82(55-35-39-63-59-19-11-15-23-67(59)79(5,6)71(63)47-55)56-36-40-64-60-20-12-16-24-68(60)80(7,8)72(64)48-56/h9-48H,1-8H3. The molecule has 4 aliphatic carbocycles. The minimum absolute atomic E-state index is 0.114. The molecule has 2 aromatic heterocycles. The molecule has 2 heterocycles. The molecule has 0 saturated carbocycles. The van der Waals surface area contributed by atoms with E-state index in [1.807, 2.05) is 22.7 Å². The van der Waals surface area contributed by atoms with E-state index in [0.717, 1.165) is 11.4 Å². The summed E-state index contributed by atoms with van der Waals surface area (Å²) in [5.41, 5.74) is 30.6. The van der Waals surface area contributed by atoms with Gasteiger partial charge in [0.15, 0.2) is 0 Å². The summed E-state index contributed by atoms with van der Waals surface area (Å²) in [7, 11) is 0. The number of anilines is 6. The van der Waals surface area contributed by atoms with Gasteiger partial charge in [0.25, 0.3) is 0 Å². The third kappa shape index (κ3) is 7.52. The third-order valence-corrected chi connectivity index (χ3v) is 22.0. The van der Waals surface area contributed by atoms with E-state index >= 15 is 0 Å². The Labute approximate surface area is 502 Å². The van der Waals surface area contributed by atoms with Crippen molar-refractivity contribution in [3.8, 4) is 75.1 Å². The van der Waals surface area contributed by atoms with E-state index in [2.05, 4.69) is 308 Å². The Hall–Kier alpha value is -8.80. The van der Waals surface area contributed by atoms with Gasteiger partial charge in [0, 0.05) is 75.3 Å². The van der Waals surface area contributed by atoms with Crippen molar-refractivity contribution in [2.45, 2.75) is 77.0 Å². The van der Waals surface area contributed by atoms with Crippen LogP contribution in [0, 0.1) is 0 Å². The summed E-state index contributed by atoms with van der Waals surface area (Å²) in [4.78, 5) is 10.0. The van der Waals surface area contributed by atoms with Crippen LogP contribution in [0.3, 0.4) is 0 Å². The van der Waals surface area contributed by atoms with Gasteiger partial charge in [-0.05, 0) is 197 Å². The van der Waals surface area contributed by atoms with E-state index in [1.54, 1.807) is 0 Å². The molecule has 0 unspecified atom stereocenters. The zero-order valence-electron chi connectivity index (χ0n) is 48.8. The van der Waals surface area contributed by atoms with Crippen LogP contribution in [-0.2, 0) is 21.7 Å². The first-order valence-electron chi connectivity index (χ1n) is 29.6. The predicted molar refractivity (Wildman–Crippen MR) is 358 cm³/mol. The van der Waals surface area contributed by atoms with E-state index in [0.29, 0.717) is 0 Å². The molecule has 10 aromatic carbocycles. The fourth-order valence-corrected chi connectivity index (χ4v) is 17.1. The Morgan fingerprint density at radius 2 is 0.440 bits per heavy atom. The largest absolute Gasteiger partial charge is 0.310 e. The second-order valence-corrected chi connectivity index (χ2v) is 27.9. The molecule has 16 rings (SSSR count). The van der Waals surface area contributed by atoms with Crippen molar-refractivity contribution >= 4 is 56.8 Å². The summed E-state index contributed by atoms with van der Waals surface area (Å²) in [6.45, 7) is 19.0. The number of thiophene rings is 2. The summed E-state index contributed by atoms with van der Waals surface area (Å²) in [6.07, 6.45) is 0. The van der Waals surface area contributed by atoms with E-state index in [1.165, 1.54) is 142 Å². The van der Waals surface area contributed by atoms with E-state index in [9.17, 15) is 0 Å². The number of benzene rings is 10. The first kappa shape index (κ1) is 50.9. The lowest BCUT2D eigenvalue weighted by Gasteiger charge is -2.30. The van der Waals surface area contributed by atoms with Crippen LogP contribution in [0.4, 0.5) is 34.1 Å². The van der Waals surface area contributed by atoms with Gasteiger partial charge in [-0.3, -0.25) is 0 Å². The molecule has 0 spiro atoms. The van der Waals surface area contributed by atoms with Crippen LogP contribution >= 0.6 is 22.7 Å². The smallest absolute Gasteiger partial charge is 0.0465 e. The van der Waals surface area contributed by atoms with Gasteiger partial charge in [0.1, 0.15) is 0 Å². The summed E-state index contributed by atoms with van der Waals surface area (Å²) >= 11 is 3.74. The Morgan fingerprint density at radius 3 is 0.714 bits per heavy atom. The molecule has 84 heavy (non-hydrogen) atoms. The molecule has 0 atom stereocenters.